The van der Waals surface area contributed by atoms with E-state index in [0.29, 0.717) is 30.1 Å². The van der Waals surface area contributed by atoms with E-state index in [1.54, 1.807) is 31.6 Å². The fourth-order valence-electron chi connectivity index (χ4n) is 3.60. The summed E-state index contributed by atoms with van der Waals surface area (Å²) in [7, 11) is 3.36. The highest BCUT2D eigenvalue weighted by Gasteiger charge is 2.33. The van der Waals surface area contributed by atoms with Crippen LogP contribution in [0, 0.1) is 6.92 Å². The zero-order chi connectivity index (χ0) is 19.8. The molecule has 0 unspecified atom stereocenters. The van der Waals surface area contributed by atoms with Crippen LogP contribution in [0.5, 0.6) is 5.88 Å². The van der Waals surface area contributed by atoms with Crippen LogP contribution in [0.15, 0.2) is 24.7 Å². The zero-order valence-corrected chi connectivity index (χ0v) is 16.9. The van der Waals surface area contributed by atoms with E-state index in [4.69, 9.17) is 4.74 Å². The minimum atomic E-state index is -0.251. The number of pyridine rings is 1. The number of ether oxygens (including phenoxy) is 1. The van der Waals surface area contributed by atoms with Gasteiger partial charge in [0.1, 0.15) is 11.2 Å². The summed E-state index contributed by atoms with van der Waals surface area (Å²) in [5.41, 5.74) is 2.82. The van der Waals surface area contributed by atoms with Gasteiger partial charge in [0, 0.05) is 37.2 Å². The fourth-order valence-corrected chi connectivity index (χ4v) is 4.75. The Kier molecular flexibility index (Phi) is 4.99. The van der Waals surface area contributed by atoms with E-state index >= 15 is 0 Å². The van der Waals surface area contributed by atoms with Crippen molar-refractivity contribution in [1.29, 1.82) is 0 Å². The van der Waals surface area contributed by atoms with Crippen molar-refractivity contribution in [3.63, 3.8) is 0 Å². The third kappa shape index (κ3) is 3.33. The molecule has 3 aromatic rings. The molecular formula is C20H22N4O3S. The molecule has 146 valence electrons. The Bertz CT molecular complexity index is 1030. The Morgan fingerprint density at radius 2 is 2.14 bits per heavy atom. The molecule has 0 aromatic carbocycles. The second-order valence-electron chi connectivity index (χ2n) is 7.19. The van der Waals surface area contributed by atoms with E-state index in [1.165, 1.54) is 11.3 Å². The molecular weight excluding hydrogens is 376 g/mol. The van der Waals surface area contributed by atoms with Gasteiger partial charge in [-0.3, -0.25) is 4.79 Å². The third-order valence-electron chi connectivity index (χ3n) is 5.23. The van der Waals surface area contributed by atoms with Gasteiger partial charge in [-0.1, -0.05) is 0 Å². The number of aliphatic hydroxyl groups excluding tert-OH is 1. The molecule has 8 heteroatoms. The summed E-state index contributed by atoms with van der Waals surface area (Å²) in [5, 5.41) is 10.6. The summed E-state index contributed by atoms with van der Waals surface area (Å²) in [6.45, 7) is 2.41. The molecule has 1 fully saturated rings. The SMILES string of the molecule is COc1cc(CN(C)C(=O)c2sc3ncnc(C4CC(O)C4)c3c2C)ccn1. The standard InChI is InChI=1S/C20H22N4O3S/c1-11-16-17(13-7-14(25)8-13)22-10-23-19(16)28-18(11)20(26)24(2)9-12-4-5-21-15(6-12)27-3/h4-6,10,13-14,25H,7-9H2,1-3H3. The van der Waals surface area contributed by atoms with Gasteiger partial charge < -0.3 is 14.7 Å². The molecule has 3 heterocycles. The average molecular weight is 398 g/mol. The van der Waals surface area contributed by atoms with Crippen molar-refractivity contribution >= 4 is 27.5 Å². The molecule has 0 bridgehead atoms. The lowest BCUT2D eigenvalue weighted by Crippen LogP contribution is -2.27. The molecule has 1 aliphatic rings. The highest BCUT2D eigenvalue weighted by Crippen LogP contribution is 2.41. The minimum Gasteiger partial charge on any atom is -0.481 e. The maximum atomic E-state index is 13.1. The van der Waals surface area contributed by atoms with Gasteiger partial charge >= 0.3 is 0 Å². The summed E-state index contributed by atoms with van der Waals surface area (Å²) >= 11 is 1.40. The quantitative estimate of drug-likeness (QED) is 0.711. The number of hydrogen-bond donors (Lipinski definition) is 1. The Morgan fingerprint density at radius 3 is 2.86 bits per heavy atom. The fraction of sp³-hybridized carbons (Fsp3) is 0.400. The topological polar surface area (TPSA) is 88.4 Å². The second kappa shape index (κ2) is 7.44. The molecule has 1 saturated carbocycles. The van der Waals surface area contributed by atoms with Crippen molar-refractivity contribution in [3.8, 4) is 5.88 Å². The van der Waals surface area contributed by atoms with Gasteiger partial charge in [-0.05, 0) is 37.0 Å². The Balaban J connectivity index is 1.62. The smallest absolute Gasteiger partial charge is 0.264 e. The van der Waals surface area contributed by atoms with Crippen molar-refractivity contribution in [3.05, 3.63) is 46.4 Å². The van der Waals surface area contributed by atoms with Gasteiger partial charge in [-0.25, -0.2) is 15.0 Å². The number of carbonyl (C=O) groups excluding carboxylic acids is 1. The number of methoxy groups -OCH3 is 1. The van der Waals surface area contributed by atoms with E-state index in [-0.39, 0.29) is 17.9 Å². The molecule has 0 saturated heterocycles. The van der Waals surface area contributed by atoms with E-state index in [1.807, 2.05) is 19.1 Å². The number of amides is 1. The third-order valence-corrected chi connectivity index (χ3v) is 6.41. The number of aromatic nitrogens is 3. The summed E-state index contributed by atoms with van der Waals surface area (Å²) in [6.07, 6.45) is 4.41. The van der Waals surface area contributed by atoms with Crippen molar-refractivity contribution in [1.82, 2.24) is 19.9 Å². The molecule has 28 heavy (non-hydrogen) atoms. The summed E-state index contributed by atoms with van der Waals surface area (Å²) in [6, 6.07) is 3.70. The predicted octanol–water partition coefficient (Wildman–Crippen LogP) is 2.91. The lowest BCUT2D eigenvalue weighted by Gasteiger charge is -2.31. The van der Waals surface area contributed by atoms with Crippen LogP contribution in [0.3, 0.4) is 0 Å². The van der Waals surface area contributed by atoms with E-state index < -0.39 is 0 Å². The van der Waals surface area contributed by atoms with Gasteiger partial charge in [-0.2, -0.15) is 0 Å². The number of carbonyl (C=O) groups is 1. The molecule has 0 aliphatic heterocycles. The van der Waals surface area contributed by atoms with Crippen molar-refractivity contribution in [2.24, 2.45) is 0 Å². The lowest BCUT2D eigenvalue weighted by atomic mass is 9.79. The van der Waals surface area contributed by atoms with Crippen LogP contribution in [0.25, 0.3) is 10.2 Å². The predicted molar refractivity (Wildman–Crippen MR) is 107 cm³/mol. The minimum absolute atomic E-state index is 0.0455. The summed E-state index contributed by atoms with van der Waals surface area (Å²) < 4.78 is 5.15. The maximum Gasteiger partial charge on any atom is 0.264 e. The largest absolute Gasteiger partial charge is 0.481 e. The number of thiophene rings is 1. The van der Waals surface area contributed by atoms with Crippen LogP contribution < -0.4 is 4.74 Å². The first-order chi connectivity index (χ1) is 13.5. The molecule has 4 rings (SSSR count). The highest BCUT2D eigenvalue weighted by atomic mass is 32.1. The monoisotopic (exact) mass is 398 g/mol. The molecule has 3 aromatic heterocycles. The highest BCUT2D eigenvalue weighted by molar-refractivity contribution is 7.20. The Labute approximate surface area is 167 Å². The lowest BCUT2D eigenvalue weighted by molar-refractivity contribution is 0.0736. The Morgan fingerprint density at radius 1 is 1.36 bits per heavy atom. The van der Waals surface area contributed by atoms with Crippen molar-refractivity contribution < 1.29 is 14.6 Å². The number of hydrogen-bond acceptors (Lipinski definition) is 7. The van der Waals surface area contributed by atoms with E-state index in [0.717, 1.165) is 27.0 Å². The molecule has 0 spiro atoms. The van der Waals surface area contributed by atoms with Gasteiger partial charge in [0.05, 0.1) is 23.8 Å². The van der Waals surface area contributed by atoms with Crippen LogP contribution in [0.2, 0.25) is 0 Å². The summed E-state index contributed by atoms with van der Waals surface area (Å²) in [4.78, 5) is 29.3. The molecule has 1 amide bonds. The zero-order valence-electron chi connectivity index (χ0n) is 16.0. The number of fused-ring (bicyclic) bond motifs is 1. The first kappa shape index (κ1) is 18.8. The van der Waals surface area contributed by atoms with Gasteiger partial charge in [-0.15, -0.1) is 11.3 Å². The first-order valence-corrected chi connectivity index (χ1v) is 9.96. The van der Waals surface area contributed by atoms with Crippen LogP contribution in [-0.2, 0) is 6.54 Å². The average Bonchev–Trinajstić information content (AvgIpc) is 3.02. The van der Waals surface area contributed by atoms with Gasteiger partial charge in [0.25, 0.3) is 5.91 Å². The van der Waals surface area contributed by atoms with Crippen molar-refractivity contribution in [2.45, 2.75) is 38.3 Å². The van der Waals surface area contributed by atoms with Gasteiger partial charge in [0.2, 0.25) is 5.88 Å². The van der Waals surface area contributed by atoms with Crippen LogP contribution in [-0.4, -0.2) is 51.1 Å². The molecule has 0 atom stereocenters. The molecule has 1 N–H and O–H groups in total. The molecule has 0 radical (unpaired) electrons. The van der Waals surface area contributed by atoms with Gasteiger partial charge in [0.15, 0.2) is 0 Å². The van der Waals surface area contributed by atoms with Crippen LogP contribution in [0.4, 0.5) is 0 Å². The number of aliphatic hydroxyl groups is 1. The van der Waals surface area contributed by atoms with Crippen LogP contribution >= 0.6 is 11.3 Å². The normalized spacial score (nSPS) is 18.7. The van der Waals surface area contributed by atoms with E-state index in [2.05, 4.69) is 15.0 Å². The number of rotatable bonds is 5. The van der Waals surface area contributed by atoms with Crippen molar-refractivity contribution in [2.75, 3.05) is 14.2 Å². The summed E-state index contributed by atoms with van der Waals surface area (Å²) in [5.74, 6) is 0.716. The van der Waals surface area contributed by atoms with E-state index in [9.17, 15) is 9.90 Å². The number of aryl methyl sites for hydroxylation is 1. The maximum absolute atomic E-state index is 13.1. The Hall–Kier alpha value is -2.58. The number of nitrogens with zero attached hydrogens (tertiary/aromatic N) is 4. The first-order valence-electron chi connectivity index (χ1n) is 9.14. The van der Waals surface area contributed by atoms with Crippen LogP contribution in [0.1, 0.15) is 45.3 Å². The molecule has 7 nitrogen and oxygen atoms in total. The second-order valence-corrected chi connectivity index (χ2v) is 8.18. The molecule has 1 aliphatic carbocycles.